The van der Waals surface area contributed by atoms with E-state index in [1.165, 1.54) is 13.3 Å². The van der Waals surface area contributed by atoms with Gasteiger partial charge in [-0.25, -0.2) is 0 Å². The lowest BCUT2D eigenvalue weighted by Gasteiger charge is -2.15. The van der Waals surface area contributed by atoms with Gasteiger partial charge in [0, 0.05) is 6.42 Å². The topological polar surface area (TPSA) is 72.2 Å². The van der Waals surface area contributed by atoms with E-state index in [4.69, 9.17) is 5.73 Å². The average Bonchev–Trinajstić information content (AvgIpc) is 2.33. The summed E-state index contributed by atoms with van der Waals surface area (Å²) in [5.41, 5.74) is 5.41. The van der Waals surface area contributed by atoms with Crippen LogP contribution in [0, 0.1) is 0 Å². The Labute approximate surface area is 111 Å². The molecule has 3 N–H and O–H groups in total. The van der Waals surface area contributed by atoms with Crippen molar-refractivity contribution in [1.29, 1.82) is 0 Å². The van der Waals surface area contributed by atoms with Crippen molar-refractivity contribution in [3.63, 3.8) is 0 Å². The Balaban J connectivity index is 3.85. The van der Waals surface area contributed by atoms with Gasteiger partial charge in [0.2, 0.25) is 5.91 Å². The Morgan fingerprint density at radius 1 is 1.11 bits per heavy atom. The molecule has 0 rings (SSSR count). The molecule has 18 heavy (non-hydrogen) atoms. The number of nitrogens with one attached hydrogen (secondary N) is 1. The van der Waals surface area contributed by atoms with Crippen molar-refractivity contribution in [2.45, 2.75) is 71.3 Å². The molecular weight excluding hydrogens is 228 g/mol. The van der Waals surface area contributed by atoms with Gasteiger partial charge in [-0.2, -0.15) is 0 Å². The standard InChI is InChI=1S/C14H28N2O2/c1-3-4-5-6-10-14(18)16-13(12(2)17)9-7-8-11-15/h13H,3-11,15H2,1-2H3,(H,16,18). The lowest BCUT2D eigenvalue weighted by molar-refractivity contribution is -0.127. The van der Waals surface area contributed by atoms with E-state index in [9.17, 15) is 9.59 Å². The Morgan fingerprint density at radius 2 is 1.83 bits per heavy atom. The summed E-state index contributed by atoms with van der Waals surface area (Å²) in [4.78, 5) is 23.1. The van der Waals surface area contributed by atoms with Gasteiger partial charge in [0.1, 0.15) is 0 Å². The maximum atomic E-state index is 11.7. The van der Waals surface area contributed by atoms with E-state index in [1.54, 1.807) is 0 Å². The van der Waals surface area contributed by atoms with Gasteiger partial charge in [0.25, 0.3) is 0 Å². The van der Waals surface area contributed by atoms with Crippen molar-refractivity contribution in [2.75, 3.05) is 6.54 Å². The van der Waals surface area contributed by atoms with Crippen LogP contribution in [0.2, 0.25) is 0 Å². The predicted octanol–water partition coefficient (Wildman–Crippen LogP) is 2.16. The maximum Gasteiger partial charge on any atom is 0.220 e. The number of carbonyl (C=O) groups is 2. The number of ketones is 1. The van der Waals surface area contributed by atoms with Crippen LogP contribution in [-0.2, 0) is 9.59 Å². The molecule has 0 spiro atoms. The Kier molecular flexibility index (Phi) is 10.6. The number of unbranched alkanes of at least 4 members (excludes halogenated alkanes) is 4. The van der Waals surface area contributed by atoms with E-state index in [2.05, 4.69) is 12.2 Å². The summed E-state index contributed by atoms with van der Waals surface area (Å²) in [5.74, 6) is 0.0352. The van der Waals surface area contributed by atoms with Crippen molar-refractivity contribution in [2.24, 2.45) is 5.73 Å². The zero-order chi connectivity index (χ0) is 13.8. The number of hydrogen-bond acceptors (Lipinski definition) is 3. The highest BCUT2D eigenvalue weighted by molar-refractivity contribution is 5.87. The number of Topliss-reactive ketones (excluding diaryl/α,β-unsaturated/α-hetero) is 1. The molecule has 0 saturated heterocycles. The quantitative estimate of drug-likeness (QED) is 0.556. The molecule has 0 aromatic heterocycles. The molecule has 106 valence electrons. The molecule has 0 heterocycles. The fraction of sp³-hybridized carbons (Fsp3) is 0.857. The van der Waals surface area contributed by atoms with Gasteiger partial charge >= 0.3 is 0 Å². The number of amides is 1. The highest BCUT2D eigenvalue weighted by Gasteiger charge is 2.15. The molecule has 1 unspecified atom stereocenters. The van der Waals surface area contributed by atoms with E-state index < -0.39 is 0 Å². The van der Waals surface area contributed by atoms with Crippen molar-refractivity contribution < 1.29 is 9.59 Å². The van der Waals surface area contributed by atoms with Crippen LogP contribution < -0.4 is 11.1 Å². The SMILES string of the molecule is CCCCCCC(=O)NC(CCCCN)C(C)=O. The molecule has 0 aliphatic heterocycles. The summed E-state index contributed by atoms with van der Waals surface area (Å²) in [6.45, 7) is 4.31. The van der Waals surface area contributed by atoms with Crippen LogP contribution in [0.15, 0.2) is 0 Å². The molecule has 0 aromatic rings. The summed E-state index contributed by atoms with van der Waals surface area (Å²) < 4.78 is 0. The van der Waals surface area contributed by atoms with Crippen LogP contribution in [0.25, 0.3) is 0 Å². The van der Waals surface area contributed by atoms with Gasteiger partial charge in [-0.3, -0.25) is 9.59 Å². The Morgan fingerprint density at radius 3 is 2.39 bits per heavy atom. The lowest BCUT2D eigenvalue weighted by Crippen LogP contribution is -2.39. The highest BCUT2D eigenvalue weighted by atomic mass is 16.2. The fourth-order valence-corrected chi connectivity index (χ4v) is 1.85. The first kappa shape index (κ1) is 17.1. The number of nitrogens with two attached hydrogens (primary N) is 1. The minimum absolute atomic E-state index is 0.000878. The largest absolute Gasteiger partial charge is 0.346 e. The van der Waals surface area contributed by atoms with Gasteiger partial charge in [0.15, 0.2) is 5.78 Å². The van der Waals surface area contributed by atoms with Gasteiger partial charge in [-0.1, -0.05) is 26.2 Å². The molecule has 4 nitrogen and oxygen atoms in total. The van der Waals surface area contributed by atoms with Crippen LogP contribution in [0.3, 0.4) is 0 Å². The molecule has 0 saturated carbocycles. The molecule has 0 bridgehead atoms. The second kappa shape index (κ2) is 11.2. The Bertz CT molecular complexity index is 242. The molecular formula is C14H28N2O2. The van der Waals surface area contributed by atoms with Gasteiger partial charge in [-0.05, 0) is 39.2 Å². The van der Waals surface area contributed by atoms with E-state index in [0.717, 1.165) is 32.1 Å². The predicted molar refractivity (Wildman–Crippen MR) is 74.3 cm³/mol. The zero-order valence-corrected chi connectivity index (χ0v) is 11.8. The minimum Gasteiger partial charge on any atom is -0.346 e. The number of carbonyl (C=O) groups excluding carboxylic acids is 2. The van der Waals surface area contributed by atoms with Crippen LogP contribution >= 0.6 is 0 Å². The summed E-state index contributed by atoms with van der Waals surface area (Å²) in [6, 6.07) is -0.324. The zero-order valence-electron chi connectivity index (χ0n) is 11.8. The summed E-state index contributed by atoms with van der Waals surface area (Å²) in [6.07, 6.45) is 7.34. The van der Waals surface area contributed by atoms with Crippen LogP contribution in [-0.4, -0.2) is 24.3 Å². The fourth-order valence-electron chi connectivity index (χ4n) is 1.85. The second-order valence-corrected chi connectivity index (χ2v) is 4.83. The molecule has 0 aliphatic rings. The molecule has 0 radical (unpaired) electrons. The third kappa shape index (κ3) is 9.16. The van der Waals surface area contributed by atoms with Crippen LogP contribution in [0.5, 0.6) is 0 Å². The van der Waals surface area contributed by atoms with Crippen molar-refractivity contribution >= 4 is 11.7 Å². The van der Waals surface area contributed by atoms with E-state index in [0.29, 0.717) is 19.4 Å². The number of hydrogen-bond donors (Lipinski definition) is 2. The van der Waals surface area contributed by atoms with Crippen LogP contribution in [0.1, 0.15) is 65.2 Å². The third-order valence-corrected chi connectivity index (χ3v) is 3.03. The third-order valence-electron chi connectivity index (χ3n) is 3.03. The van der Waals surface area contributed by atoms with E-state index in [1.807, 2.05) is 0 Å². The number of rotatable bonds is 11. The van der Waals surface area contributed by atoms with Crippen molar-refractivity contribution in [3.05, 3.63) is 0 Å². The Hall–Kier alpha value is -0.900. The lowest BCUT2D eigenvalue weighted by atomic mass is 10.1. The summed E-state index contributed by atoms with van der Waals surface area (Å²) >= 11 is 0. The van der Waals surface area contributed by atoms with Crippen molar-refractivity contribution in [1.82, 2.24) is 5.32 Å². The van der Waals surface area contributed by atoms with Gasteiger partial charge in [-0.15, -0.1) is 0 Å². The molecule has 4 heteroatoms. The minimum atomic E-state index is -0.324. The smallest absolute Gasteiger partial charge is 0.220 e. The first-order valence-corrected chi connectivity index (χ1v) is 7.11. The van der Waals surface area contributed by atoms with Gasteiger partial charge in [0.05, 0.1) is 6.04 Å². The molecule has 1 atom stereocenters. The normalized spacial score (nSPS) is 12.2. The second-order valence-electron chi connectivity index (χ2n) is 4.83. The van der Waals surface area contributed by atoms with Crippen LogP contribution in [0.4, 0.5) is 0 Å². The first-order chi connectivity index (χ1) is 8.61. The molecule has 1 amide bonds. The van der Waals surface area contributed by atoms with E-state index >= 15 is 0 Å². The van der Waals surface area contributed by atoms with E-state index in [-0.39, 0.29) is 17.7 Å². The highest BCUT2D eigenvalue weighted by Crippen LogP contribution is 2.05. The average molecular weight is 256 g/mol. The van der Waals surface area contributed by atoms with Crippen molar-refractivity contribution in [3.8, 4) is 0 Å². The summed E-state index contributed by atoms with van der Waals surface area (Å²) in [7, 11) is 0. The molecule has 0 aromatic carbocycles. The molecule has 0 aliphatic carbocycles. The monoisotopic (exact) mass is 256 g/mol. The molecule has 0 fully saturated rings. The van der Waals surface area contributed by atoms with Gasteiger partial charge < -0.3 is 11.1 Å². The summed E-state index contributed by atoms with van der Waals surface area (Å²) in [5, 5.41) is 2.82. The first-order valence-electron chi connectivity index (χ1n) is 7.11. The maximum absolute atomic E-state index is 11.7.